The molecular formula is C24H15F6N3O. The number of para-hydroxylation sites is 1. The van der Waals surface area contributed by atoms with Gasteiger partial charge in [-0.2, -0.15) is 31.4 Å². The number of carbonyl (C=O) groups excluding carboxylic acids is 1. The lowest BCUT2D eigenvalue weighted by atomic mass is 10.0. The lowest BCUT2D eigenvalue weighted by Gasteiger charge is -2.14. The Hall–Kier alpha value is -4.08. The summed E-state index contributed by atoms with van der Waals surface area (Å²) in [5.41, 5.74) is -2.27. The van der Waals surface area contributed by atoms with Crippen molar-refractivity contribution in [2.24, 2.45) is 0 Å². The summed E-state index contributed by atoms with van der Waals surface area (Å²) in [6, 6.07) is 19.7. The Balaban J connectivity index is 1.77. The van der Waals surface area contributed by atoms with E-state index in [1.54, 1.807) is 60.7 Å². The van der Waals surface area contributed by atoms with Gasteiger partial charge in [-0.15, -0.1) is 0 Å². The van der Waals surface area contributed by atoms with Crippen LogP contribution in [0, 0.1) is 0 Å². The number of nitrogens with one attached hydrogen (secondary N) is 1. The van der Waals surface area contributed by atoms with Crippen molar-refractivity contribution in [2.75, 3.05) is 5.32 Å². The molecule has 174 valence electrons. The topological polar surface area (TPSA) is 46.9 Å². The number of alkyl halides is 6. The first-order valence-corrected chi connectivity index (χ1v) is 9.84. The van der Waals surface area contributed by atoms with Crippen molar-refractivity contribution in [1.82, 2.24) is 9.78 Å². The van der Waals surface area contributed by atoms with E-state index in [1.165, 1.54) is 10.7 Å². The third-order valence-corrected chi connectivity index (χ3v) is 4.87. The molecule has 0 fully saturated rings. The van der Waals surface area contributed by atoms with Crippen LogP contribution in [-0.2, 0) is 12.4 Å². The monoisotopic (exact) mass is 475 g/mol. The summed E-state index contributed by atoms with van der Waals surface area (Å²) in [5, 5.41) is 6.85. The van der Waals surface area contributed by atoms with Gasteiger partial charge in [0.05, 0.1) is 22.5 Å². The number of nitrogens with zero attached hydrogens (tertiary/aromatic N) is 2. The minimum absolute atomic E-state index is 0.0293. The molecule has 1 aromatic heterocycles. The molecule has 0 saturated carbocycles. The molecule has 3 aromatic carbocycles. The molecule has 0 unspecified atom stereocenters. The minimum atomic E-state index is -5.07. The lowest BCUT2D eigenvalue weighted by molar-refractivity contribution is -0.143. The highest BCUT2D eigenvalue weighted by atomic mass is 19.4. The number of benzene rings is 3. The first-order chi connectivity index (χ1) is 16.0. The number of aromatic nitrogens is 2. The fraction of sp³-hybridized carbons (Fsp3) is 0.0833. The molecule has 0 aliphatic carbocycles. The van der Waals surface area contributed by atoms with Gasteiger partial charge < -0.3 is 5.32 Å². The lowest BCUT2D eigenvalue weighted by Crippen LogP contribution is -2.18. The predicted octanol–water partition coefficient (Wildman–Crippen LogP) is 6.83. The van der Waals surface area contributed by atoms with Crippen LogP contribution < -0.4 is 5.32 Å². The first-order valence-electron chi connectivity index (χ1n) is 9.84. The molecule has 0 atom stereocenters. The summed E-state index contributed by atoms with van der Waals surface area (Å²) in [4.78, 5) is 12.8. The fourth-order valence-corrected chi connectivity index (χ4v) is 3.26. The number of halogens is 6. The number of rotatable bonds is 4. The molecule has 0 aliphatic heterocycles. The first kappa shape index (κ1) is 23.1. The van der Waals surface area contributed by atoms with E-state index in [2.05, 4.69) is 10.4 Å². The third kappa shape index (κ3) is 4.95. The molecule has 34 heavy (non-hydrogen) atoms. The smallest absolute Gasteiger partial charge is 0.306 e. The van der Waals surface area contributed by atoms with E-state index in [4.69, 9.17) is 0 Å². The van der Waals surface area contributed by atoms with Gasteiger partial charge in [0.15, 0.2) is 0 Å². The zero-order valence-corrected chi connectivity index (χ0v) is 17.2. The summed E-state index contributed by atoms with van der Waals surface area (Å²) < 4.78 is 80.5. The van der Waals surface area contributed by atoms with Gasteiger partial charge in [-0.25, -0.2) is 4.68 Å². The van der Waals surface area contributed by atoms with E-state index in [9.17, 15) is 31.1 Å². The van der Waals surface area contributed by atoms with Gasteiger partial charge in [0.2, 0.25) is 0 Å². The zero-order chi connectivity index (χ0) is 24.5. The number of hydrogen-bond donors (Lipinski definition) is 1. The van der Waals surface area contributed by atoms with Crippen LogP contribution >= 0.6 is 0 Å². The Labute approximate surface area is 189 Å². The van der Waals surface area contributed by atoms with Gasteiger partial charge in [-0.1, -0.05) is 48.5 Å². The molecule has 0 saturated heterocycles. The second kappa shape index (κ2) is 8.69. The van der Waals surface area contributed by atoms with Crippen molar-refractivity contribution in [3.63, 3.8) is 0 Å². The molecule has 0 aliphatic rings. The Bertz CT molecular complexity index is 1280. The Kier molecular flexibility index (Phi) is 5.90. The van der Waals surface area contributed by atoms with Crippen molar-refractivity contribution >= 4 is 11.7 Å². The number of anilines is 1. The minimum Gasteiger partial charge on any atom is -0.306 e. The molecule has 0 bridgehead atoms. The number of amides is 1. The van der Waals surface area contributed by atoms with Crippen LogP contribution in [-0.4, -0.2) is 15.7 Å². The maximum absolute atomic E-state index is 13.2. The summed E-state index contributed by atoms with van der Waals surface area (Å²) >= 11 is 0. The average molecular weight is 475 g/mol. The van der Waals surface area contributed by atoms with Crippen molar-refractivity contribution in [2.45, 2.75) is 12.4 Å². The molecule has 0 spiro atoms. The summed E-state index contributed by atoms with van der Waals surface area (Å²) in [5.74, 6) is -1.07. The Morgan fingerprint density at radius 3 is 1.79 bits per heavy atom. The Morgan fingerprint density at radius 2 is 1.26 bits per heavy atom. The quantitative estimate of drug-likeness (QED) is 0.329. The van der Waals surface area contributed by atoms with Crippen LogP contribution in [0.1, 0.15) is 21.5 Å². The van der Waals surface area contributed by atoms with E-state index < -0.39 is 35.0 Å². The van der Waals surface area contributed by atoms with Crippen molar-refractivity contribution < 1.29 is 31.1 Å². The zero-order valence-electron chi connectivity index (χ0n) is 17.2. The van der Waals surface area contributed by atoms with Gasteiger partial charge in [-0.3, -0.25) is 4.79 Å². The van der Waals surface area contributed by atoms with Gasteiger partial charge in [0, 0.05) is 17.2 Å². The average Bonchev–Trinajstić information content (AvgIpc) is 3.22. The highest BCUT2D eigenvalue weighted by molar-refractivity contribution is 6.04. The van der Waals surface area contributed by atoms with Crippen molar-refractivity contribution in [3.8, 4) is 16.9 Å². The standard InChI is InChI=1S/C24H15F6N3O/c25-23(26,27)17-11-16(12-18(13-17)24(28,29)30)22(34)31-21-14-20(15-7-3-1-4-8-15)32-33(21)19-9-5-2-6-10-19/h1-14H,(H,31,34). The van der Waals surface area contributed by atoms with Crippen LogP contribution in [0.3, 0.4) is 0 Å². The van der Waals surface area contributed by atoms with Crippen LogP contribution in [0.4, 0.5) is 32.2 Å². The van der Waals surface area contributed by atoms with Crippen molar-refractivity contribution in [1.29, 1.82) is 0 Å². The van der Waals surface area contributed by atoms with Gasteiger partial charge in [0.1, 0.15) is 5.82 Å². The third-order valence-electron chi connectivity index (χ3n) is 4.87. The van der Waals surface area contributed by atoms with Crippen LogP contribution in [0.5, 0.6) is 0 Å². The van der Waals surface area contributed by atoms with Gasteiger partial charge >= 0.3 is 12.4 Å². The highest BCUT2D eigenvalue weighted by Gasteiger charge is 2.37. The van der Waals surface area contributed by atoms with E-state index in [0.717, 1.165) is 0 Å². The second-order valence-electron chi connectivity index (χ2n) is 7.28. The van der Waals surface area contributed by atoms with Gasteiger partial charge in [0.25, 0.3) is 5.91 Å². The maximum atomic E-state index is 13.2. The molecule has 1 heterocycles. The van der Waals surface area contributed by atoms with Crippen LogP contribution in [0.2, 0.25) is 0 Å². The summed E-state index contributed by atoms with van der Waals surface area (Å²) in [6.45, 7) is 0. The molecular weight excluding hydrogens is 460 g/mol. The van der Waals surface area contributed by atoms with E-state index in [1.807, 2.05) is 0 Å². The Morgan fingerprint density at radius 1 is 0.735 bits per heavy atom. The molecule has 10 heteroatoms. The molecule has 4 aromatic rings. The molecule has 0 radical (unpaired) electrons. The largest absolute Gasteiger partial charge is 0.416 e. The van der Waals surface area contributed by atoms with E-state index >= 15 is 0 Å². The van der Waals surface area contributed by atoms with E-state index in [-0.39, 0.29) is 11.9 Å². The van der Waals surface area contributed by atoms with Crippen LogP contribution in [0.25, 0.3) is 16.9 Å². The maximum Gasteiger partial charge on any atom is 0.416 e. The normalized spacial score (nSPS) is 11.9. The van der Waals surface area contributed by atoms with Gasteiger partial charge in [-0.05, 0) is 30.3 Å². The number of carbonyl (C=O) groups is 1. The highest BCUT2D eigenvalue weighted by Crippen LogP contribution is 2.36. The predicted molar refractivity (Wildman–Crippen MR) is 113 cm³/mol. The SMILES string of the molecule is O=C(Nc1cc(-c2ccccc2)nn1-c1ccccc1)c1cc(C(F)(F)F)cc(C(F)(F)F)c1. The summed E-state index contributed by atoms with van der Waals surface area (Å²) in [7, 11) is 0. The van der Waals surface area contributed by atoms with Crippen molar-refractivity contribution in [3.05, 3.63) is 102 Å². The summed E-state index contributed by atoms with van der Waals surface area (Å²) in [6.07, 6.45) is -10.1. The molecule has 1 N–H and O–H groups in total. The number of hydrogen-bond acceptors (Lipinski definition) is 2. The van der Waals surface area contributed by atoms with Crippen LogP contribution in [0.15, 0.2) is 84.9 Å². The molecule has 1 amide bonds. The molecule has 4 nitrogen and oxygen atoms in total. The van der Waals surface area contributed by atoms with E-state index in [0.29, 0.717) is 29.1 Å². The molecule has 4 rings (SSSR count). The second-order valence-corrected chi connectivity index (χ2v) is 7.28. The fourth-order valence-electron chi connectivity index (χ4n) is 3.26.